The van der Waals surface area contributed by atoms with Crippen molar-refractivity contribution >= 4 is 15.9 Å². The first-order valence-electron chi connectivity index (χ1n) is 8.42. The van der Waals surface area contributed by atoms with Crippen molar-refractivity contribution in [2.45, 2.75) is 37.1 Å². The van der Waals surface area contributed by atoms with Gasteiger partial charge in [-0.25, -0.2) is 17.9 Å². The Hall–Kier alpha value is -2.25. The lowest BCUT2D eigenvalue weighted by Gasteiger charge is -2.30. The molecule has 0 saturated carbocycles. The molecule has 1 unspecified atom stereocenters. The lowest BCUT2D eigenvalue weighted by Crippen LogP contribution is -2.36. The van der Waals surface area contributed by atoms with Crippen molar-refractivity contribution in [2.75, 3.05) is 6.54 Å². The van der Waals surface area contributed by atoms with E-state index in [0.29, 0.717) is 25.9 Å². The molecule has 2 aromatic rings. The van der Waals surface area contributed by atoms with Gasteiger partial charge in [0.1, 0.15) is 5.82 Å². The average Bonchev–Trinajstić information content (AvgIpc) is 2.60. The molecule has 1 heterocycles. The number of halogens is 1. The van der Waals surface area contributed by atoms with Crippen molar-refractivity contribution in [2.24, 2.45) is 5.14 Å². The minimum Gasteiger partial charge on any atom is -0.338 e. The van der Waals surface area contributed by atoms with E-state index < -0.39 is 10.0 Å². The van der Waals surface area contributed by atoms with Crippen LogP contribution in [-0.2, 0) is 27.8 Å². The number of hydrogen-bond donors (Lipinski definition) is 1. The lowest BCUT2D eigenvalue weighted by atomic mass is 9.95. The first kappa shape index (κ1) is 18.5. The van der Waals surface area contributed by atoms with E-state index in [0.717, 1.165) is 16.7 Å². The Kier molecular flexibility index (Phi) is 5.11. The number of nitrogens with zero attached hydrogens (tertiary/aromatic N) is 1. The van der Waals surface area contributed by atoms with Crippen LogP contribution in [0.5, 0.6) is 0 Å². The lowest BCUT2D eigenvalue weighted by molar-refractivity contribution is -0.132. The number of amides is 1. The van der Waals surface area contributed by atoms with Gasteiger partial charge >= 0.3 is 0 Å². The van der Waals surface area contributed by atoms with E-state index in [1.54, 1.807) is 29.2 Å². The second-order valence-corrected chi connectivity index (χ2v) is 8.26. The van der Waals surface area contributed by atoms with Gasteiger partial charge in [0.15, 0.2) is 0 Å². The molecule has 0 spiro atoms. The van der Waals surface area contributed by atoms with Crippen LogP contribution in [0, 0.1) is 5.82 Å². The van der Waals surface area contributed by atoms with Crippen LogP contribution in [0.2, 0.25) is 0 Å². The van der Waals surface area contributed by atoms with Crippen molar-refractivity contribution in [3.05, 3.63) is 65.0 Å². The average molecular weight is 376 g/mol. The Balaban J connectivity index is 1.71. The Labute approximate surface area is 152 Å². The molecule has 0 aromatic heterocycles. The summed E-state index contributed by atoms with van der Waals surface area (Å²) in [5.74, 6) is -0.334. The minimum atomic E-state index is -3.77. The molecule has 2 N–H and O–H groups in total. The van der Waals surface area contributed by atoms with E-state index in [1.165, 1.54) is 18.2 Å². The molecule has 1 aliphatic rings. The highest BCUT2D eigenvalue weighted by atomic mass is 32.2. The highest BCUT2D eigenvalue weighted by molar-refractivity contribution is 7.89. The summed E-state index contributed by atoms with van der Waals surface area (Å²) in [6.07, 6.45) is 0.993. The topological polar surface area (TPSA) is 80.5 Å². The summed E-state index contributed by atoms with van der Waals surface area (Å²) in [6.45, 7) is 2.90. The summed E-state index contributed by atoms with van der Waals surface area (Å²) >= 11 is 0. The Morgan fingerprint density at radius 1 is 1.19 bits per heavy atom. The molecule has 3 rings (SSSR count). The van der Waals surface area contributed by atoms with E-state index in [4.69, 9.17) is 5.14 Å². The molecular formula is C19H21FN2O3S. The van der Waals surface area contributed by atoms with Gasteiger partial charge in [0.25, 0.3) is 0 Å². The fourth-order valence-corrected chi connectivity index (χ4v) is 3.79. The summed E-state index contributed by atoms with van der Waals surface area (Å²) in [4.78, 5) is 14.4. The predicted molar refractivity (Wildman–Crippen MR) is 96.4 cm³/mol. The van der Waals surface area contributed by atoms with Crippen molar-refractivity contribution in [3.63, 3.8) is 0 Å². The van der Waals surface area contributed by atoms with Gasteiger partial charge in [-0.05, 0) is 53.3 Å². The number of primary sulfonamides is 1. The molecule has 0 bridgehead atoms. The molecule has 1 atom stereocenters. The maximum Gasteiger partial charge on any atom is 0.238 e. The molecule has 0 radical (unpaired) electrons. The van der Waals surface area contributed by atoms with Crippen LogP contribution in [-0.4, -0.2) is 25.8 Å². The van der Waals surface area contributed by atoms with Crippen LogP contribution in [0.4, 0.5) is 4.39 Å². The van der Waals surface area contributed by atoms with Crippen LogP contribution >= 0.6 is 0 Å². The number of rotatable bonds is 4. The second-order valence-electron chi connectivity index (χ2n) is 6.70. The van der Waals surface area contributed by atoms with Gasteiger partial charge in [0.05, 0.1) is 4.90 Å². The monoisotopic (exact) mass is 376 g/mol. The van der Waals surface area contributed by atoms with Crippen LogP contribution < -0.4 is 5.14 Å². The highest BCUT2D eigenvalue weighted by Crippen LogP contribution is 2.25. The number of nitrogens with two attached hydrogens (primary N) is 1. The van der Waals surface area contributed by atoms with Gasteiger partial charge in [-0.3, -0.25) is 4.79 Å². The van der Waals surface area contributed by atoms with E-state index in [9.17, 15) is 17.6 Å². The largest absolute Gasteiger partial charge is 0.338 e. The van der Waals surface area contributed by atoms with Crippen LogP contribution in [0.15, 0.2) is 47.4 Å². The van der Waals surface area contributed by atoms with E-state index in [-0.39, 0.29) is 22.5 Å². The molecule has 5 nitrogen and oxygen atoms in total. The maximum atomic E-state index is 13.0. The number of benzene rings is 2. The molecule has 1 amide bonds. The number of carbonyl (C=O) groups excluding carboxylic acids is 1. The number of carbonyl (C=O) groups is 1. The quantitative estimate of drug-likeness (QED) is 0.890. The Morgan fingerprint density at radius 3 is 2.54 bits per heavy atom. The highest BCUT2D eigenvalue weighted by Gasteiger charge is 2.23. The third kappa shape index (κ3) is 4.11. The SMILES string of the molecule is CC(CC(=O)N1CCc2ccc(S(N)(=O)=O)cc2C1)c1ccc(F)cc1. The van der Waals surface area contributed by atoms with Gasteiger partial charge in [-0.15, -0.1) is 0 Å². The molecule has 1 aliphatic heterocycles. The summed E-state index contributed by atoms with van der Waals surface area (Å²) in [6, 6.07) is 11.0. The zero-order valence-corrected chi connectivity index (χ0v) is 15.3. The van der Waals surface area contributed by atoms with Gasteiger partial charge < -0.3 is 4.90 Å². The van der Waals surface area contributed by atoms with Gasteiger partial charge in [0, 0.05) is 19.5 Å². The zero-order chi connectivity index (χ0) is 18.9. The fraction of sp³-hybridized carbons (Fsp3) is 0.316. The summed E-state index contributed by atoms with van der Waals surface area (Å²) in [7, 11) is -3.77. The molecule has 26 heavy (non-hydrogen) atoms. The first-order valence-corrected chi connectivity index (χ1v) is 9.96. The van der Waals surface area contributed by atoms with Crippen molar-refractivity contribution in [3.8, 4) is 0 Å². The molecule has 2 aromatic carbocycles. The normalized spacial score (nSPS) is 15.4. The number of fused-ring (bicyclic) bond motifs is 1. The van der Waals surface area contributed by atoms with Crippen molar-refractivity contribution in [1.29, 1.82) is 0 Å². The second kappa shape index (κ2) is 7.17. The zero-order valence-electron chi connectivity index (χ0n) is 14.5. The van der Waals surface area contributed by atoms with Gasteiger partial charge in [0.2, 0.25) is 15.9 Å². The molecule has 138 valence electrons. The van der Waals surface area contributed by atoms with Gasteiger partial charge in [-0.2, -0.15) is 0 Å². The Bertz CT molecular complexity index is 926. The van der Waals surface area contributed by atoms with E-state index in [2.05, 4.69) is 0 Å². The van der Waals surface area contributed by atoms with E-state index in [1.807, 2.05) is 6.92 Å². The Morgan fingerprint density at radius 2 is 1.88 bits per heavy atom. The molecule has 7 heteroatoms. The van der Waals surface area contributed by atoms with Crippen molar-refractivity contribution < 1.29 is 17.6 Å². The summed E-state index contributed by atoms with van der Waals surface area (Å²) < 4.78 is 36.1. The third-order valence-corrected chi connectivity index (χ3v) is 5.70. The molecule has 0 fully saturated rings. The van der Waals surface area contributed by atoms with Gasteiger partial charge in [-0.1, -0.05) is 25.1 Å². The first-order chi connectivity index (χ1) is 12.2. The number of sulfonamides is 1. The third-order valence-electron chi connectivity index (χ3n) is 4.79. The minimum absolute atomic E-state index is 0.00603. The molecule has 0 saturated heterocycles. The van der Waals surface area contributed by atoms with Crippen LogP contribution in [0.25, 0.3) is 0 Å². The summed E-state index contributed by atoms with van der Waals surface area (Å²) in [5, 5.41) is 5.19. The van der Waals surface area contributed by atoms with Crippen LogP contribution in [0.1, 0.15) is 36.0 Å². The standard InChI is InChI=1S/C19H21FN2O3S/c1-13(14-2-5-17(20)6-3-14)10-19(23)22-9-8-15-4-7-18(26(21,24)25)11-16(15)12-22/h2-7,11,13H,8-10,12H2,1H3,(H2,21,24,25). The summed E-state index contributed by atoms with van der Waals surface area (Å²) in [5.41, 5.74) is 2.76. The molecule has 0 aliphatic carbocycles. The molecular weight excluding hydrogens is 355 g/mol. The smallest absolute Gasteiger partial charge is 0.238 e. The van der Waals surface area contributed by atoms with E-state index >= 15 is 0 Å². The maximum absolute atomic E-state index is 13.0. The fourth-order valence-electron chi connectivity index (χ4n) is 3.22. The van der Waals surface area contributed by atoms with Crippen molar-refractivity contribution in [1.82, 2.24) is 4.90 Å². The predicted octanol–water partition coefficient (Wildman–Crippen LogP) is 2.55. The van der Waals surface area contributed by atoms with Crippen LogP contribution in [0.3, 0.4) is 0 Å². The number of hydrogen-bond acceptors (Lipinski definition) is 3.